The monoisotopic (exact) mass is 296 g/mol. The van der Waals surface area contributed by atoms with Crippen molar-refractivity contribution in [1.29, 1.82) is 0 Å². The smallest absolute Gasteiger partial charge is 0.0717 e. The molecule has 5 atom stereocenters. The molecule has 0 heterocycles. The first-order chi connectivity index (χ1) is 9.97. The SMILES string of the molecule is C[C@H]([C@@H](O)[C@H](C)CO)[C@@H](O)[C@@H](C)COCc1ccccc1. The fraction of sp³-hybridized carbons (Fsp3) is 0.647. The highest BCUT2D eigenvalue weighted by Crippen LogP contribution is 2.21. The van der Waals surface area contributed by atoms with Gasteiger partial charge in [0.15, 0.2) is 0 Å². The van der Waals surface area contributed by atoms with Crippen LogP contribution < -0.4 is 0 Å². The van der Waals surface area contributed by atoms with E-state index in [-0.39, 0.29) is 24.4 Å². The van der Waals surface area contributed by atoms with Gasteiger partial charge in [-0.25, -0.2) is 0 Å². The molecule has 0 radical (unpaired) electrons. The molecule has 0 aliphatic carbocycles. The Morgan fingerprint density at radius 2 is 1.52 bits per heavy atom. The van der Waals surface area contributed by atoms with Crippen LogP contribution in [0, 0.1) is 17.8 Å². The van der Waals surface area contributed by atoms with Crippen molar-refractivity contribution < 1.29 is 20.1 Å². The lowest BCUT2D eigenvalue weighted by atomic mass is 9.85. The first kappa shape index (κ1) is 18.1. The quantitative estimate of drug-likeness (QED) is 0.650. The molecule has 1 rings (SSSR count). The van der Waals surface area contributed by atoms with Gasteiger partial charge in [0.05, 0.1) is 25.4 Å². The van der Waals surface area contributed by atoms with Crippen LogP contribution >= 0.6 is 0 Å². The molecule has 0 bridgehead atoms. The van der Waals surface area contributed by atoms with Gasteiger partial charge >= 0.3 is 0 Å². The van der Waals surface area contributed by atoms with Gasteiger partial charge in [-0.2, -0.15) is 0 Å². The van der Waals surface area contributed by atoms with Gasteiger partial charge in [0, 0.05) is 24.4 Å². The number of aliphatic hydroxyl groups is 3. The molecule has 0 fully saturated rings. The maximum atomic E-state index is 10.3. The molecular formula is C17H28O4. The minimum atomic E-state index is -0.721. The normalized spacial score (nSPS) is 18.8. The Bertz CT molecular complexity index is 382. The molecule has 0 aliphatic rings. The summed E-state index contributed by atoms with van der Waals surface area (Å²) in [4.78, 5) is 0. The minimum Gasteiger partial charge on any atom is -0.396 e. The van der Waals surface area contributed by atoms with E-state index in [1.165, 1.54) is 0 Å². The van der Waals surface area contributed by atoms with Crippen LogP contribution in [-0.4, -0.2) is 40.7 Å². The maximum Gasteiger partial charge on any atom is 0.0717 e. The first-order valence-electron chi connectivity index (χ1n) is 7.56. The van der Waals surface area contributed by atoms with E-state index < -0.39 is 12.2 Å². The van der Waals surface area contributed by atoms with Crippen LogP contribution in [0.3, 0.4) is 0 Å². The van der Waals surface area contributed by atoms with E-state index in [9.17, 15) is 10.2 Å². The largest absolute Gasteiger partial charge is 0.396 e. The second-order valence-corrected chi connectivity index (χ2v) is 5.98. The van der Waals surface area contributed by atoms with Crippen molar-refractivity contribution in [3.63, 3.8) is 0 Å². The molecule has 4 nitrogen and oxygen atoms in total. The third kappa shape index (κ3) is 5.75. The van der Waals surface area contributed by atoms with E-state index in [1.54, 1.807) is 13.8 Å². The van der Waals surface area contributed by atoms with Crippen LogP contribution in [0.15, 0.2) is 30.3 Å². The molecule has 0 spiro atoms. The lowest BCUT2D eigenvalue weighted by Gasteiger charge is -2.31. The summed E-state index contributed by atoms with van der Waals surface area (Å²) >= 11 is 0. The highest BCUT2D eigenvalue weighted by Gasteiger charge is 2.30. The lowest BCUT2D eigenvalue weighted by molar-refractivity contribution is -0.0556. The molecule has 0 aromatic heterocycles. The van der Waals surface area contributed by atoms with E-state index >= 15 is 0 Å². The Labute approximate surface area is 127 Å². The maximum absolute atomic E-state index is 10.3. The number of benzene rings is 1. The summed E-state index contributed by atoms with van der Waals surface area (Å²) in [7, 11) is 0. The van der Waals surface area contributed by atoms with Gasteiger partial charge in [-0.05, 0) is 5.56 Å². The number of rotatable bonds is 9. The molecule has 0 unspecified atom stereocenters. The third-order valence-corrected chi connectivity index (χ3v) is 4.02. The summed E-state index contributed by atoms with van der Waals surface area (Å²) in [6.07, 6.45) is -1.38. The number of hydrogen-bond acceptors (Lipinski definition) is 4. The van der Waals surface area contributed by atoms with Crippen molar-refractivity contribution in [3.8, 4) is 0 Å². The molecule has 0 saturated heterocycles. The molecule has 1 aromatic rings. The Morgan fingerprint density at radius 1 is 0.952 bits per heavy atom. The number of hydrogen-bond donors (Lipinski definition) is 3. The first-order valence-corrected chi connectivity index (χ1v) is 7.56. The third-order valence-electron chi connectivity index (χ3n) is 4.02. The fourth-order valence-electron chi connectivity index (χ4n) is 2.38. The van der Waals surface area contributed by atoms with Gasteiger partial charge in [0.1, 0.15) is 0 Å². The van der Waals surface area contributed by atoms with E-state index in [4.69, 9.17) is 9.84 Å². The summed E-state index contributed by atoms with van der Waals surface area (Å²) in [5.41, 5.74) is 1.10. The van der Waals surface area contributed by atoms with Crippen LogP contribution in [0.1, 0.15) is 26.3 Å². The van der Waals surface area contributed by atoms with E-state index in [2.05, 4.69) is 0 Å². The molecule has 0 saturated carbocycles. The van der Waals surface area contributed by atoms with Gasteiger partial charge in [-0.15, -0.1) is 0 Å². The van der Waals surface area contributed by atoms with Crippen molar-refractivity contribution in [1.82, 2.24) is 0 Å². The Balaban J connectivity index is 2.38. The molecule has 4 heteroatoms. The van der Waals surface area contributed by atoms with E-state index in [0.717, 1.165) is 5.56 Å². The average Bonchev–Trinajstić information content (AvgIpc) is 2.52. The average molecular weight is 296 g/mol. The summed E-state index contributed by atoms with van der Waals surface area (Å²) in [6.45, 7) is 6.34. The predicted octanol–water partition coefficient (Wildman–Crippen LogP) is 1.83. The number of ether oxygens (including phenoxy) is 1. The van der Waals surface area contributed by atoms with Gasteiger partial charge in [-0.3, -0.25) is 0 Å². The van der Waals surface area contributed by atoms with Gasteiger partial charge < -0.3 is 20.1 Å². The Kier molecular flexibility index (Phi) is 7.89. The fourth-order valence-corrected chi connectivity index (χ4v) is 2.38. The van der Waals surface area contributed by atoms with Crippen LogP contribution in [0.25, 0.3) is 0 Å². The standard InChI is InChI=1S/C17H28O4/c1-12(9-18)16(19)14(3)17(20)13(2)10-21-11-15-7-5-4-6-8-15/h4-8,12-14,16-20H,9-11H2,1-3H3/t12-,13+,14-,16+,17+/m1/s1. The molecule has 0 amide bonds. The zero-order chi connectivity index (χ0) is 15.8. The van der Waals surface area contributed by atoms with E-state index in [1.807, 2.05) is 37.3 Å². The Morgan fingerprint density at radius 3 is 2.10 bits per heavy atom. The second kappa shape index (κ2) is 9.15. The summed E-state index contributed by atoms with van der Waals surface area (Å²) in [6, 6.07) is 9.88. The molecule has 21 heavy (non-hydrogen) atoms. The summed E-state index contributed by atoms with van der Waals surface area (Å²) in [5, 5.41) is 29.4. The highest BCUT2D eigenvalue weighted by atomic mass is 16.5. The second-order valence-electron chi connectivity index (χ2n) is 5.98. The zero-order valence-electron chi connectivity index (χ0n) is 13.1. The van der Waals surface area contributed by atoms with Crippen molar-refractivity contribution in [2.75, 3.05) is 13.2 Å². The van der Waals surface area contributed by atoms with Crippen LogP contribution in [-0.2, 0) is 11.3 Å². The molecular weight excluding hydrogens is 268 g/mol. The minimum absolute atomic E-state index is 0.0794. The van der Waals surface area contributed by atoms with Crippen molar-refractivity contribution >= 4 is 0 Å². The van der Waals surface area contributed by atoms with Crippen molar-refractivity contribution in [2.45, 2.75) is 39.6 Å². The lowest BCUT2D eigenvalue weighted by Crippen LogP contribution is -2.39. The highest BCUT2D eigenvalue weighted by molar-refractivity contribution is 5.13. The Hall–Kier alpha value is -0.940. The van der Waals surface area contributed by atoms with Crippen LogP contribution in [0.2, 0.25) is 0 Å². The summed E-state index contributed by atoms with van der Waals surface area (Å²) in [5.74, 6) is -0.626. The topological polar surface area (TPSA) is 69.9 Å². The summed E-state index contributed by atoms with van der Waals surface area (Å²) < 4.78 is 5.63. The van der Waals surface area contributed by atoms with Crippen molar-refractivity contribution in [2.24, 2.45) is 17.8 Å². The van der Waals surface area contributed by atoms with E-state index in [0.29, 0.717) is 13.2 Å². The predicted molar refractivity (Wildman–Crippen MR) is 82.7 cm³/mol. The van der Waals surface area contributed by atoms with Crippen molar-refractivity contribution in [3.05, 3.63) is 35.9 Å². The molecule has 120 valence electrons. The van der Waals surface area contributed by atoms with Gasteiger partial charge in [0.2, 0.25) is 0 Å². The molecule has 0 aliphatic heterocycles. The zero-order valence-corrected chi connectivity index (χ0v) is 13.1. The van der Waals surface area contributed by atoms with Gasteiger partial charge in [-0.1, -0.05) is 51.1 Å². The van der Waals surface area contributed by atoms with Gasteiger partial charge in [0.25, 0.3) is 0 Å². The number of aliphatic hydroxyl groups excluding tert-OH is 3. The van der Waals surface area contributed by atoms with Crippen LogP contribution in [0.5, 0.6) is 0 Å². The van der Waals surface area contributed by atoms with Crippen LogP contribution in [0.4, 0.5) is 0 Å². The molecule has 1 aromatic carbocycles. The molecule has 3 N–H and O–H groups in total.